The second kappa shape index (κ2) is 7.47. The van der Waals surface area contributed by atoms with Crippen LogP contribution in [0.1, 0.15) is 37.3 Å². The molecule has 2 atom stereocenters. The van der Waals surface area contributed by atoms with E-state index in [1.165, 1.54) is 18.2 Å². The van der Waals surface area contributed by atoms with Crippen molar-refractivity contribution in [1.82, 2.24) is 10.1 Å². The number of fused-ring (bicyclic) bond motifs is 3. The summed E-state index contributed by atoms with van der Waals surface area (Å²) in [7, 11) is 1.68. The first-order chi connectivity index (χ1) is 13.8. The lowest BCUT2D eigenvalue weighted by atomic mass is 9.87. The highest BCUT2D eigenvalue weighted by Gasteiger charge is 2.42. The molecular weight excluding hydrogens is 352 g/mol. The number of hydrogen-bond acceptors (Lipinski definition) is 5. The number of piperidine rings is 1. The highest BCUT2D eigenvalue weighted by Crippen LogP contribution is 2.44. The van der Waals surface area contributed by atoms with E-state index in [0.29, 0.717) is 24.6 Å². The quantitative estimate of drug-likeness (QED) is 0.626. The fourth-order valence-corrected chi connectivity index (χ4v) is 5.06. The predicted molar refractivity (Wildman–Crippen MR) is 108 cm³/mol. The first-order valence-electron chi connectivity index (χ1n) is 10.2. The van der Waals surface area contributed by atoms with Gasteiger partial charge in [0.15, 0.2) is 17.1 Å². The minimum Gasteiger partial charge on any atom is -0.493 e. The summed E-state index contributed by atoms with van der Waals surface area (Å²) in [5, 5.41) is 5.61. The van der Waals surface area contributed by atoms with Crippen molar-refractivity contribution in [3.63, 3.8) is 0 Å². The van der Waals surface area contributed by atoms with Gasteiger partial charge < -0.3 is 14.0 Å². The number of methoxy groups -OCH3 is 1. The van der Waals surface area contributed by atoms with Gasteiger partial charge in [0.25, 0.3) is 0 Å². The van der Waals surface area contributed by atoms with Gasteiger partial charge in [0, 0.05) is 29.9 Å². The standard InChI is InChI=1S/C23H26N2O3/c1-26-21-8-4-5-9-22(21)27-13-12-25-17-10-11-18(25)15-16(14-17)23-19-6-2-3-7-20(19)28-24-23/h2-9,16-18H,10-15H2,1H3. The molecule has 2 saturated heterocycles. The van der Waals surface area contributed by atoms with Gasteiger partial charge in [-0.2, -0.15) is 0 Å². The molecule has 28 heavy (non-hydrogen) atoms. The molecule has 146 valence electrons. The van der Waals surface area contributed by atoms with Gasteiger partial charge in [0.2, 0.25) is 0 Å². The molecule has 0 spiro atoms. The van der Waals surface area contributed by atoms with Crippen LogP contribution in [0.3, 0.4) is 0 Å². The van der Waals surface area contributed by atoms with Crippen LogP contribution in [0.2, 0.25) is 0 Å². The van der Waals surface area contributed by atoms with Crippen LogP contribution in [0, 0.1) is 0 Å². The molecule has 5 heteroatoms. The van der Waals surface area contributed by atoms with E-state index >= 15 is 0 Å². The van der Waals surface area contributed by atoms with Crippen LogP contribution in [-0.4, -0.2) is 42.4 Å². The summed E-state index contributed by atoms with van der Waals surface area (Å²) in [5.41, 5.74) is 2.05. The molecule has 0 amide bonds. The van der Waals surface area contributed by atoms with Crippen molar-refractivity contribution in [2.24, 2.45) is 0 Å². The number of aromatic nitrogens is 1. The van der Waals surface area contributed by atoms with Gasteiger partial charge in [0.05, 0.1) is 12.8 Å². The van der Waals surface area contributed by atoms with Crippen molar-refractivity contribution in [3.8, 4) is 11.5 Å². The van der Waals surface area contributed by atoms with Gasteiger partial charge in [-0.1, -0.05) is 29.4 Å². The Kier molecular flexibility index (Phi) is 4.69. The van der Waals surface area contributed by atoms with Gasteiger partial charge >= 0.3 is 0 Å². The maximum atomic E-state index is 6.02. The first kappa shape index (κ1) is 17.6. The predicted octanol–water partition coefficient (Wildman–Crippen LogP) is 4.63. The maximum Gasteiger partial charge on any atom is 0.167 e. The Labute approximate surface area is 165 Å². The second-order valence-corrected chi connectivity index (χ2v) is 7.85. The van der Waals surface area contributed by atoms with Crippen LogP contribution in [0.25, 0.3) is 11.0 Å². The summed E-state index contributed by atoms with van der Waals surface area (Å²) in [6.45, 7) is 1.64. The molecule has 2 aliphatic heterocycles. The lowest BCUT2D eigenvalue weighted by Gasteiger charge is -2.38. The topological polar surface area (TPSA) is 47.7 Å². The van der Waals surface area contributed by atoms with Crippen LogP contribution in [0.4, 0.5) is 0 Å². The maximum absolute atomic E-state index is 6.02. The Hall–Kier alpha value is -2.53. The summed E-state index contributed by atoms with van der Waals surface area (Å²) in [6, 6.07) is 17.3. The monoisotopic (exact) mass is 378 g/mol. The molecule has 5 rings (SSSR count). The second-order valence-electron chi connectivity index (χ2n) is 7.85. The molecule has 0 radical (unpaired) electrons. The van der Waals surface area contributed by atoms with Crippen molar-refractivity contribution >= 4 is 11.0 Å². The van der Waals surface area contributed by atoms with E-state index in [-0.39, 0.29) is 0 Å². The van der Waals surface area contributed by atoms with E-state index in [4.69, 9.17) is 14.0 Å². The van der Waals surface area contributed by atoms with E-state index in [2.05, 4.69) is 22.2 Å². The molecule has 3 heterocycles. The van der Waals surface area contributed by atoms with Gasteiger partial charge in [0.1, 0.15) is 6.61 Å². The molecule has 0 aliphatic carbocycles. The normalized spacial score (nSPS) is 24.5. The number of hydrogen-bond donors (Lipinski definition) is 0. The summed E-state index contributed by atoms with van der Waals surface area (Å²) in [5.74, 6) is 2.11. The van der Waals surface area contributed by atoms with Crippen molar-refractivity contribution in [2.75, 3.05) is 20.3 Å². The van der Waals surface area contributed by atoms with Crippen LogP contribution in [-0.2, 0) is 0 Å². The molecule has 2 aliphatic rings. The molecule has 5 nitrogen and oxygen atoms in total. The molecule has 2 bridgehead atoms. The van der Waals surface area contributed by atoms with Crippen molar-refractivity contribution in [1.29, 1.82) is 0 Å². The van der Waals surface area contributed by atoms with E-state index < -0.39 is 0 Å². The fraction of sp³-hybridized carbons (Fsp3) is 0.435. The first-order valence-corrected chi connectivity index (χ1v) is 10.2. The van der Waals surface area contributed by atoms with Crippen LogP contribution >= 0.6 is 0 Å². The number of para-hydroxylation sites is 3. The largest absolute Gasteiger partial charge is 0.493 e. The Morgan fingerprint density at radius 2 is 1.71 bits per heavy atom. The highest BCUT2D eigenvalue weighted by molar-refractivity contribution is 5.79. The average molecular weight is 378 g/mol. The van der Waals surface area contributed by atoms with Gasteiger partial charge in [-0.25, -0.2) is 0 Å². The lowest BCUT2D eigenvalue weighted by molar-refractivity contribution is 0.103. The SMILES string of the molecule is COc1ccccc1OCCN1C2CCC1CC(c1noc3ccccc13)C2. The summed E-state index contributed by atoms with van der Waals surface area (Å²) < 4.78 is 17.0. The summed E-state index contributed by atoms with van der Waals surface area (Å²) >= 11 is 0. The van der Waals surface area contributed by atoms with Crippen molar-refractivity contribution in [2.45, 2.75) is 43.7 Å². The van der Waals surface area contributed by atoms with Gasteiger partial charge in [-0.3, -0.25) is 4.90 Å². The smallest absolute Gasteiger partial charge is 0.167 e. The fourth-order valence-electron chi connectivity index (χ4n) is 5.06. The molecular formula is C23H26N2O3. The van der Waals surface area contributed by atoms with Crippen LogP contribution in [0.15, 0.2) is 53.1 Å². The van der Waals surface area contributed by atoms with E-state index in [0.717, 1.165) is 42.2 Å². The Morgan fingerprint density at radius 3 is 2.50 bits per heavy atom. The number of nitrogens with zero attached hydrogens (tertiary/aromatic N) is 2. The number of ether oxygens (including phenoxy) is 2. The number of benzene rings is 2. The van der Waals surface area contributed by atoms with Gasteiger partial charge in [-0.05, 0) is 49.9 Å². The Morgan fingerprint density at radius 1 is 1.00 bits per heavy atom. The Bertz CT molecular complexity index is 940. The summed E-state index contributed by atoms with van der Waals surface area (Å²) in [6.07, 6.45) is 4.85. The van der Waals surface area contributed by atoms with Crippen LogP contribution < -0.4 is 9.47 Å². The molecule has 0 N–H and O–H groups in total. The third-order valence-corrected chi connectivity index (χ3v) is 6.35. The zero-order chi connectivity index (χ0) is 18.9. The minimum atomic E-state index is 0.493. The van der Waals surface area contributed by atoms with Crippen LogP contribution in [0.5, 0.6) is 11.5 Å². The summed E-state index contributed by atoms with van der Waals surface area (Å²) in [4.78, 5) is 2.65. The van der Waals surface area contributed by atoms with Crippen molar-refractivity contribution < 1.29 is 14.0 Å². The Balaban J connectivity index is 1.24. The zero-order valence-electron chi connectivity index (χ0n) is 16.2. The number of rotatable bonds is 6. The third kappa shape index (κ3) is 3.14. The molecule has 0 saturated carbocycles. The zero-order valence-corrected chi connectivity index (χ0v) is 16.2. The average Bonchev–Trinajstić information content (AvgIpc) is 3.26. The van der Waals surface area contributed by atoms with Crippen molar-refractivity contribution in [3.05, 3.63) is 54.2 Å². The van der Waals surface area contributed by atoms with E-state index in [1.807, 2.05) is 36.4 Å². The van der Waals surface area contributed by atoms with E-state index in [9.17, 15) is 0 Å². The van der Waals surface area contributed by atoms with E-state index in [1.54, 1.807) is 7.11 Å². The lowest BCUT2D eigenvalue weighted by Crippen LogP contribution is -2.44. The highest BCUT2D eigenvalue weighted by atomic mass is 16.5. The molecule has 2 fully saturated rings. The minimum absolute atomic E-state index is 0.493. The molecule has 1 aromatic heterocycles. The third-order valence-electron chi connectivity index (χ3n) is 6.35. The molecule has 2 aromatic carbocycles. The molecule has 2 unspecified atom stereocenters. The van der Waals surface area contributed by atoms with Gasteiger partial charge in [-0.15, -0.1) is 0 Å². The molecule has 3 aromatic rings.